The van der Waals surface area contributed by atoms with Crippen molar-refractivity contribution in [2.24, 2.45) is 29.6 Å². The zero-order chi connectivity index (χ0) is 16.5. The molecule has 1 N–H and O–H groups in total. The molecule has 7 heteroatoms. The van der Waals surface area contributed by atoms with E-state index in [0.717, 1.165) is 24.2 Å². The monoisotopic (exact) mass is 341 g/mol. The minimum Gasteiger partial charge on any atom is -0.207 e. The Labute approximate surface area is 131 Å². The van der Waals surface area contributed by atoms with Crippen molar-refractivity contribution in [1.82, 2.24) is 4.72 Å². The Hall–Kier alpha value is -0.300. The lowest BCUT2D eigenvalue weighted by Gasteiger charge is -2.35. The van der Waals surface area contributed by atoms with Crippen molar-refractivity contribution in [1.29, 1.82) is 0 Å². The average Bonchev–Trinajstić information content (AvgIpc) is 2.98. The fourth-order valence-corrected chi connectivity index (χ4v) is 5.55. The molecule has 22 heavy (non-hydrogen) atoms. The van der Waals surface area contributed by atoms with E-state index in [9.17, 15) is 21.6 Å². The first-order chi connectivity index (χ1) is 10.2. The molecular weight excluding hydrogens is 315 g/mol. The van der Waals surface area contributed by atoms with Gasteiger partial charge in [0, 0.05) is 6.54 Å². The molecule has 0 aromatic heterocycles. The predicted molar refractivity (Wildman–Crippen MR) is 79.5 cm³/mol. The Morgan fingerprint density at radius 1 is 1.09 bits per heavy atom. The maximum Gasteiger partial charge on any atom is 0.511 e. The topological polar surface area (TPSA) is 46.2 Å². The summed E-state index contributed by atoms with van der Waals surface area (Å²) in [4.78, 5) is 0. The van der Waals surface area contributed by atoms with E-state index in [-0.39, 0.29) is 6.54 Å². The Morgan fingerprint density at radius 2 is 1.73 bits per heavy atom. The highest BCUT2D eigenvalue weighted by molar-refractivity contribution is 7.90. The van der Waals surface area contributed by atoms with Crippen LogP contribution in [0, 0.1) is 29.6 Å². The Morgan fingerprint density at radius 3 is 2.27 bits per heavy atom. The Kier molecular flexibility index (Phi) is 5.47. The fraction of sp³-hybridized carbons (Fsp3) is 1.00. The van der Waals surface area contributed by atoms with Crippen LogP contribution < -0.4 is 4.72 Å². The van der Waals surface area contributed by atoms with Crippen LogP contribution in [0.1, 0.15) is 52.4 Å². The van der Waals surface area contributed by atoms with Crippen molar-refractivity contribution >= 4 is 10.0 Å². The Balaban J connectivity index is 1.78. The van der Waals surface area contributed by atoms with E-state index >= 15 is 0 Å². The van der Waals surface area contributed by atoms with Crippen LogP contribution in [0.15, 0.2) is 0 Å². The summed E-state index contributed by atoms with van der Waals surface area (Å²) in [5.41, 5.74) is -5.21. The first-order valence-electron chi connectivity index (χ1n) is 8.27. The normalized spacial score (nSPS) is 35.2. The number of fused-ring (bicyclic) bond motifs is 2. The molecule has 2 fully saturated rings. The highest BCUT2D eigenvalue weighted by Gasteiger charge is 2.50. The first-order valence-corrected chi connectivity index (χ1v) is 9.75. The molecule has 5 atom stereocenters. The van der Waals surface area contributed by atoms with Gasteiger partial charge in [-0.3, -0.25) is 0 Å². The second-order valence-electron chi connectivity index (χ2n) is 6.79. The third-order valence-corrected chi connectivity index (χ3v) is 6.98. The second kappa shape index (κ2) is 6.67. The highest BCUT2D eigenvalue weighted by atomic mass is 32.2. The molecule has 0 aromatic rings. The summed E-state index contributed by atoms with van der Waals surface area (Å²) in [6, 6.07) is 0. The molecule has 2 aliphatic carbocycles. The van der Waals surface area contributed by atoms with E-state index in [2.05, 4.69) is 13.8 Å². The molecule has 0 spiro atoms. The molecule has 3 nitrogen and oxygen atoms in total. The van der Waals surface area contributed by atoms with Gasteiger partial charge in [-0.25, -0.2) is 13.1 Å². The number of hydrogen-bond donors (Lipinski definition) is 1. The van der Waals surface area contributed by atoms with E-state index in [4.69, 9.17) is 0 Å². The van der Waals surface area contributed by atoms with Gasteiger partial charge in [0.1, 0.15) is 0 Å². The van der Waals surface area contributed by atoms with Gasteiger partial charge >= 0.3 is 15.5 Å². The number of nitrogens with one attached hydrogen (secondary N) is 1. The molecule has 2 rings (SSSR count). The van der Waals surface area contributed by atoms with Crippen molar-refractivity contribution in [3.8, 4) is 0 Å². The smallest absolute Gasteiger partial charge is 0.207 e. The van der Waals surface area contributed by atoms with E-state index in [0.29, 0.717) is 18.3 Å². The van der Waals surface area contributed by atoms with Crippen LogP contribution in [0.5, 0.6) is 0 Å². The molecule has 2 saturated carbocycles. The molecule has 2 bridgehead atoms. The quantitative estimate of drug-likeness (QED) is 0.714. The third kappa shape index (κ3) is 3.45. The van der Waals surface area contributed by atoms with Crippen LogP contribution in [-0.2, 0) is 10.0 Å². The zero-order valence-corrected chi connectivity index (χ0v) is 14.0. The Bertz CT molecular complexity index is 478. The van der Waals surface area contributed by atoms with Crippen LogP contribution in [0.4, 0.5) is 13.2 Å². The van der Waals surface area contributed by atoms with Crippen molar-refractivity contribution in [3.63, 3.8) is 0 Å². The van der Waals surface area contributed by atoms with Gasteiger partial charge in [0.05, 0.1) is 0 Å². The lowest BCUT2D eigenvalue weighted by molar-refractivity contribution is -0.0447. The number of hydrogen-bond acceptors (Lipinski definition) is 2. The lowest BCUT2D eigenvalue weighted by atomic mass is 9.70. The molecule has 0 heterocycles. The van der Waals surface area contributed by atoms with Crippen LogP contribution in [0.25, 0.3) is 0 Å². The summed E-state index contributed by atoms with van der Waals surface area (Å²) in [6.07, 6.45) is 6.14. The van der Waals surface area contributed by atoms with E-state index < -0.39 is 15.5 Å². The number of sulfonamides is 1. The molecule has 2 aliphatic rings. The van der Waals surface area contributed by atoms with Gasteiger partial charge in [-0.2, -0.15) is 13.2 Å². The SMILES string of the molecule is CCC1C2CC(CCCNS(=O)(=O)C(F)(F)F)C(C2)C1CC. The molecule has 0 aromatic carbocycles. The van der Waals surface area contributed by atoms with Gasteiger partial charge in [-0.05, 0) is 55.3 Å². The van der Waals surface area contributed by atoms with Gasteiger partial charge in [0.2, 0.25) is 0 Å². The van der Waals surface area contributed by atoms with E-state index in [1.165, 1.54) is 25.7 Å². The maximum atomic E-state index is 12.2. The van der Waals surface area contributed by atoms with E-state index in [1.54, 1.807) is 4.72 Å². The molecule has 130 valence electrons. The number of rotatable bonds is 7. The molecule has 0 aliphatic heterocycles. The lowest BCUT2D eigenvalue weighted by Crippen LogP contribution is -2.37. The van der Waals surface area contributed by atoms with Gasteiger partial charge in [-0.15, -0.1) is 0 Å². The molecule has 5 unspecified atom stereocenters. The van der Waals surface area contributed by atoms with Crippen molar-refractivity contribution < 1.29 is 21.6 Å². The van der Waals surface area contributed by atoms with Crippen molar-refractivity contribution in [2.45, 2.75) is 57.9 Å². The predicted octanol–water partition coefficient (Wildman–Crippen LogP) is 3.91. The second-order valence-corrected chi connectivity index (χ2v) is 8.54. The molecular formula is C15H26F3NO2S. The molecule has 0 radical (unpaired) electrons. The van der Waals surface area contributed by atoms with E-state index in [1.807, 2.05) is 0 Å². The van der Waals surface area contributed by atoms with Gasteiger partial charge in [0.15, 0.2) is 0 Å². The largest absolute Gasteiger partial charge is 0.511 e. The summed E-state index contributed by atoms with van der Waals surface area (Å²) < 4.78 is 60.1. The first kappa shape index (κ1) is 18.0. The minimum absolute atomic E-state index is 0.121. The molecule has 0 amide bonds. The van der Waals surface area contributed by atoms with Gasteiger partial charge in [-0.1, -0.05) is 26.7 Å². The number of halogens is 3. The zero-order valence-electron chi connectivity index (χ0n) is 13.2. The summed E-state index contributed by atoms with van der Waals surface area (Å²) in [5, 5.41) is 0. The minimum atomic E-state index is -5.21. The van der Waals surface area contributed by atoms with Crippen molar-refractivity contribution in [3.05, 3.63) is 0 Å². The summed E-state index contributed by atoms with van der Waals surface area (Å²) >= 11 is 0. The van der Waals surface area contributed by atoms with Crippen LogP contribution in [0.3, 0.4) is 0 Å². The number of alkyl halides is 3. The summed E-state index contributed by atoms with van der Waals surface area (Å²) in [6.45, 7) is 4.35. The van der Waals surface area contributed by atoms with Gasteiger partial charge < -0.3 is 0 Å². The van der Waals surface area contributed by atoms with Crippen LogP contribution in [0.2, 0.25) is 0 Å². The highest BCUT2D eigenvalue weighted by Crippen LogP contribution is 2.58. The average molecular weight is 341 g/mol. The standard InChI is InChI=1S/C15H26F3NO2S/c1-3-12-11-8-10(14(9-11)13(12)4-2)6-5-7-19-22(20,21)15(16,17)18/h10-14,19H,3-9H2,1-2H3. The van der Waals surface area contributed by atoms with Crippen molar-refractivity contribution in [2.75, 3.05) is 6.54 Å². The maximum absolute atomic E-state index is 12.2. The van der Waals surface area contributed by atoms with Crippen LogP contribution >= 0.6 is 0 Å². The van der Waals surface area contributed by atoms with Crippen LogP contribution in [-0.4, -0.2) is 20.5 Å². The summed E-state index contributed by atoms with van der Waals surface area (Å²) in [7, 11) is -5.18. The summed E-state index contributed by atoms with van der Waals surface area (Å²) in [5.74, 6) is 3.60. The third-order valence-electron chi connectivity index (χ3n) is 5.78. The molecule has 0 saturated heterocycles. The van der Waals surface area contributed by atoms with Gasteiger partial charge in [0.25, 0.3) is 0 Å². The fourth-order valence-electron chi connectivity index (χ4n) is 4.97.